The zero-order chi connectivity index (χ0) is 15.3. The van der Waals surface area contributed by atoms with Gasteiger partial charge in [-0.1, -0.05) is 19.4 Å². The lowest BCUT2D eigenvalue weighted by atomic mass is 10.1. The van der Waals surface area contributed by atoms with Gasteiger partial charge < -0.3 is 5.32 Å². The fourth-order valence-corrected chi connectivity index (χ4v) is 2.77. The minimum Gasteiger partial charge on any atom is -0.350 e. The highest BCUT2D eigenvalue weighted by atomic mass is 32.2. The van der Waals surface area contributed by atoms with Crippen molar-refractivity contribution < 1.29 is 13.2 Å². The molecule has 20 heavy (non-hydrogen) atoms. The summed E-state index contributed by atoms with van der Waals surface area (Å²) < 4.78 is 25.2. The van der Waals surface area contributed by atoms with Crippen LogP contribution in [0, 0.1) is 0 Å². The molecule has 1 aromatic rings. The van der Waals surface area contributed by atoms with Crippen molar-refractivity contribution in [1.29, 1.82) is 0 Å². The smallest absolute Gasteiger partial charge is 0.251 e. The Labute approximate surface area is 121 Å². The van der Waals surface area contributed by atoms with E-state index in [0.29, 0.717) is 5.56 Å². The molecule has 0 saturated heterocycles. The Morgan fingerprint density at radius 1 is 1.35 bits per heavy atom. The normalized spacial score (nSPS) is 13.2. The van der Waals surface area contributed by atoms with Gasteiger partial charge in [-0.15, -0.1) is 0 Å². The fourth-order valence-electron chi connectivity index (χ4n) is 1.82. The largest absolute Gasteiger partial charge is 0.350 e. The number of hydrogen-bond donors (Lipinski definition) is 1. The summed E-state index contributed by atoms with van der Waals surface area (Å²) in [5.74, 6) is -0.248. The van der Waals surface area contributed by atoms with E-state index in [1.54, 1.807) is 12.1 Å². The topological polar surface area (TPSA) is 66.5 Å². The molecule has 6 heteroatoms. The molecule has 0 aliphatic rings. The summed E-state index contributed by atoms with van der Waals surface area (Å²) in [6, 6.07) is 6.16. The molecule has 1 N–H and O–H groups in total. The average Bonchev–Trinajstić information content (AvgIpc) is 2.38. The molecule has 1 rings (SSSR count). The second-order valence-electron chi connectivity index (χ2n) is 4.98. The van der Waals surface area contributed by atoms with Gasteiger partial charge >= 0.3 is 0 Å². The van der Waals surface area contributed by atoms with Gasteiger partial charge in [0.15, 0.2) is 0 Å². The maximum absolute atomic E-state index is 12.1. The lowest BCUT2D eigenvalue weighted by Crippen LogP contribution is -2.32. The van der Waals surface area contributed by atoms with Gasteiger partial charge in [-0.2, -0.15) is 0 Å². The van der Waals surface area contributed by atoms with Crippen LogP contribution in [0.25, 0.3) is 0 Å². The zero-order valence-corrected chi connectivity index (χ0v) is 13.2. The number of hydrogen-bond acceptors (Lipinski definition) is 3. The van der Waals surface area contributed by atoms with Crippen molar-refractivity contribution in [1.82, 2.24) is 9.62 Å². The molecular weight excluding hydrogens is 276 g/mol. The number of amides is 1. The van der Waals surface area contributed by atoms with E-state index in [-0.39, 0.29) is 16.8 Å². The number of sulfonamides is 1. The zero-order valence-electron chi connectivity index (χ0n) is 12.4. The van der Waals surface area contributed by atoms with E-state index in [1.165, 1.54) is 26.2 Å². The molecule has 0 aromatic heterocycles. The molecule has 0 radical (unpaired) electrons. The fraction of sp³-hybridized carbons (Fsp3) is 0.500. The van der Waals surface area contributed by atoms with Gasteiger partial charge in [-0.05, 0) is 31.5 Å². The number of nitrogens with one attached hydrogen (secondary N) is 1. The summed E-state index contributed by atoms with van der Waals surface area (Å²) in [6.07, 6.45) is 1.87. The SMILES string of the molecule is CCC[C@H](C)NC(=O)c1cccc(S(=O)(=O)N(C)C)c1. The second kappa shape index (κ2) is 6.85. The summed E-state index contributed by atoms with van der Waals surface area (Å²) in [7, 11) is -0.591. The van der Waals surface area contributed by atoms with Gasteiger partial charge in [-0.3, -0.25) is 4.79 Å². The molecule has 1 amide bonds. The molecule has 0 spiro atoms. The van der Waals surface area contributed by atoms with Crippen molar-refractivity contribution in [3.63, 3.8) is 0 Å². The monoisotopic (exact) mass is 298 g/mol. The van der Waals surface area contributed by atoms with Gasteiger partial charge in [0.1, 0.15) is 0 Å². The van der Waals surface area contributed by atoms with Crippen molar-refractivity contribution in [3.05, 3.63) is 29.8 Å². The first kappa shape index (κ1) is 16.7. The van der Waals surface area contributed by atoms with Crippen LogP contribution in [0.5, 0.6) is 0 Å². The quantitative estimate of drug-likeness (QED) is 0.871. The Kier molecular flexibility index (Phi) is 5.71. The summed E-state index contributed by atoms with van der Waals surface area (Å²) in [5, 5.41) is 2.86. The first-order valence-electron chi connectivity index (χ1n) is 6.62. The van der Waals surface area contributed by atoms with E-state index < -0.39 is 10.0 Å². The van der Waals surface area contributed by atoms with Crippen molar-refractivity contribution >= 4 is 15.9 Å². The Morgan fingerprint density at radius 2 is 2.00 bits per heavy atom. The van der Waals surface area contributed by atoms with Crippen LogP contribution in [-0.4, -0.2) is 38.8 Å². The van der Waals surface area contributed by atoms with Crippen LogP contribution in [0.15, 0.2) is 29.2 Å². The predicted octanol–water partition coefficient (Wildman–Crippen LogP) is 1.86. The summed E-state index contributed by atoms with van der Waals surface area (Å²) in [6.45, 7) is 3.98. The van der Waals surface area contributed by atoms with E-state index in [9.17, 15) is 13.2 Å². The maximum Gasteiger partial charge on any atom is 0.251 e. The molecule has 5 nitrogen and oxygen atoms in total. The average molecular weight is 298 g/mol. The number of benzene rings is 1. The summed E-state index contributed by atoms with van der Waals surface area (Å²) >= 11 is 0. The van der Waals surface area contributed by atoms with Gasteiger partial charge in [-0.25, -0.2) is 12.7 Å². The third kappa shape index (κ3) is 4.05. The highest BCUT2D eigenvalue weighted by molar-refractivity contribution is 7.89. The van der Waals surface area contributed by atoms with Crippen LogP contribution >= 0.6 is 0 Å². The van der Waals surface area contributed by atoms with Crippen LogP contribution in [-0.2, 0) is 10.0 Å². The highest BCUT2D eigenvalue weighted by Crippen LogP contribution is 2.15. The molecule has 1 atom stereocenters. The van der Waals surface area contributed by atoms with Crippen molar-refractivity contribution in [2.45, 2.75) is 37.6 Å². The standard InChI is InChI=1S/C14H22N2O3S/c1-5-7-11(2)15-14(17)12-8-6-9-13(10-12)20(18,19)16(3)4/h6,8-11H,5,7H2,1-4H3,(H,15,17)/t11-/m0/s1. The molecule has 1 aromatic carbocycles. The Morgan fingerprint density at radius 3 is 2.55 bits per heavy atom. The van der Waals surface area contributed by atoms with Crippen LogP contribution in [0.3, 0.4) is 0 Å². The molecule has 0 aliphatic carbocycles. The third-order valence-electron chi connectivity index (χ3n) is 2.97. The Hall–Kier alpha value is -1.40. The Bertz CT molecular complexity index is 568. The molecule has 0 saturated carbocycles. The van der Waals surface area contributed by atoms with Crippen LogP contribution in [0.1, 0.15) is 37.0 Å². The minimum atomic E-state index is -3.52. The predicted molar refractivity (Wildman–Crippen MR) is 79.2 cm³/mol. The third-order valence-corrected chi connectivity index (χ3v) is 4.79. The molecule has 112 valence electrons. The van der Waals surface area contributed by atoms with Gasteiger partial charge in [0.2, 0.25) is 10.0 Å². The first-order valence-corrected chi connectivity index (χ1v) is 8.06. The molecule has 0 unspecified atom stereocenters. The number of nitrogens with zero attached hydrogens (tertiary/aromatic N) is 1. The molecule has 0 fully saturated rings. The molecule has 0 aliphatic heterocycles. The maximum atomic E-state index is 12.1. The van der Waals surface area contributed by atoms with E-state index in [2.05, 4.69) is 5.32 Å². The van der Waals surface area contributed by atoms with E-state index >= 15 is 0 Å². The highest BCUT2D eigenvalue weighted by Gasteiger charge is 2.19. The van der Waals surface area contributed by atoms with E-state index in [4.69, 9.17) is 0 Å². The molecule has 0 heterocycles. The number of carbonyl (C=O) groups excluding carboxylic acids is 1. The van der Waals surface area contributed by atoms with Crippen molar-refractivity contribution in [2.24, 2.45) is 0 Å². The lowest BCUT2D eigenvalue weighted by Gasteiger charge is -2.14. The van der Waals surface area contributed by atoms with Crippen LogP contribution < -0.4 is 5.32 Å². The van der Waals surface area contributed by atoms with Crippen LogP contribution in [0.4, 0.5) is 0 Å². The summed E-state index contributed by atoms with van der Waals surface area (Å²) in [5.41, 5.74) is 0.357. The number of rotatable bonds is 6. The van der Waals surface area contributed by atoms with E-state index in [1.807, 2.05) is 13.8 Å². The summed E-state index contributed by atoms with van der Waals surface area (Å²) in [4.78, 5) is 12.2. The van der Waals surface area contributed by atoms with Gasteiger partial charge in [0.25, 0.3) is 5.91 Å². The van der Waals surface area contributed by atoms with Crippen molar-refractivity contribution in [2.75, 3.05) is 14.1 Å². The first-order chi connectivity index (χ1) is 9.28. The van der Waals surface area contributed by atoms with E-state index in [0.717, 1.165) is 17.1 Å². The Balaban J connectivity index is 2.97. The molecular formula is C14H22N2O3S. The van der Waals surface area contributed by atoms with Gasteiger partial charge in [0.05, 0.1) is 4.90 Å². The van der Waals surface area contributed by atoms with Crippen molar-refractivity contribution in [3.8, 4) is 0 Å². The minimum absolute atomic E-state index is 0.0709. The lowest BCUT2D eigenvalue weighted by molar-refractivity contribution is 0.0938. The van der Waals surface area contributed by atoms with Gasteiger partial charge in [0, 0.05) is 25.7 Å². The number of carbonyl (C=O) groups is 1. The van der Waals surface area contributed by atoms with Crippen LogP contribution in [0.2, 0.25) is 0 Å². The second-order valence-corrected chi connectivity index (χ2v) is 7.13. The molecule has 0 bridgehead atoms.